The van der Waals surface area contributed by atoms with Crippen molar-refractivity contribution < 1.29 is 4.79 Å². The molecular formula is C26H29Cl2N3OS. The second-order valence-corrected chi connectivity index (χ2v) is 12.1. The number of nitrogens with zero attached hydrogens (tertiary/aromatic N) is 2. The van der Waals surface area contributed by atoms with Gasteiger partial charge in [0.1, 0.15) is 0 Å². The number of nitrogens with one attached hydrogen (secondary N) is 1. The normalized spacial score (nSPS) is 21.8. The number of fused-ring (bicyclic) bond motifs is 3. The zero-order valence-electron chi connectivity index (χ0n) is 19.4. The van der Waals surface area contributed by atoms with Crippen LogP contribution in [0.3, 0.4) is 0 Å². The SMILES string of the molecule is Cc1cc2c(s1)Cc1c(C(=O)NC3C[C@@H](C)CC[C@@H]3C(C)C)nn(-c3ccc(Cl)cc3Cl)c1-2. The molecule has 0 aliphatic heterocycles. The van der Waals surface area contributed by atoms with E-state index >= 15 is 0 Å². The maximum absolute atomic E-state index is 13.6. The molecule has 3 atom stereocenters. The number of rotatable bonds is 4. The van der Waals surface area contributed by atoms with E-state index in [9.17, 15) is 4.79 Å². The van der Waals surface area contributed by atoms with Gasteiger partial charge >= 0.3 is 0 Å². The number of carbonyl (C=O) groups is 1. The van der Waals surface area contributed by atoms with Crippen molar-refractivity contribution in [2.24, 2.45) is 17.8 Å². The lowest BCUT2D eigenvalue weighted by atomic mass is 9.74. The van der Waals surface area contributed by atoms with Crippen LogP contribution in [0.5, 0.6) is 0 Å². The van der Waals surface area contributed by atoms with E-state index in [4.69, 9.17) is 28.3 Å². The molecule has 1 saturated carbocycles. The second kappa shape index (κ2) is 8.75. The Morgan fingerprint density at radius 2 is 2.03 bits per heavy atom. The lowest BCUT2D eigenvalue weighted by Crippen LogP contribution is -2.45. The first-order valence-corrected chi connectivity index (χ1v) is 13.3. The minimum Gasteiger partial charge on any atom is -0.348 e. The summed E-state index contributed by atoms with van der Waals surface area (Å²) in [4.78, 5) is 16.2. The molecule has 2 heterocycles. The van der Waals surface area contributed by atoms with Crippen LogP contribution in [-0.2, 0) is 6.42 Å². The highest BCUT2D eigenvalue weighted by Gasteiger charge is 2.36. The van der Waals surface area contributed by atoms with Crippen molar-refractivity contribution >= 4 is 40.4 Å². The lowest BCUT2D eigenvalue weighted by Gasteiger charge is -2.37. The fourth-order valence-corrected chi connectivity index (χ4v) is 7.10. The van der Waals surface area contributed by atoms with Gasteiger partial charge in [-0.1, -0.05) is 50.4 Å². The van der Waals surface area contributed by atoms with Crippen LogP contribution in [0.1, 0.15) is 65.8 Å². The first kappa shape index (κ1) is 22.9. The van der Waals surface area contributed by atoms with E-state index in [1.165, 1.54) is 16.2 Å². The molecule has 1 fully saturated rings. The summed E-state index contributed by atoms with van der Waals surface area (Å²) >= 11 is 14.5. The Labute approximate surface area is 209 Å². The maximum atomic E-state index is 13.6. The molecule has 1 amide bonds. The number of aromatic nitrogens is 2. The number of carbonyl (C=O) groups excluding carboxylic acids is 1. The molecule has 0 spiro atoms. The second-order valence-electron chi connectivity index (χ2n) is 9.96. The van der Waals surface area contributed by atoms with E-state index < -0.39 is 0 Å². The summed E-state index contributed by atoms with van der Waals surface area (Å²) in [5, 5.41) is 9.30. The summed E-state index contributed by atoms with van der Waals surface area (Å²) in [6.45, 7) is 8.91. The van der Waals surface area contributed by atoms with E-state index in [1.807, 2.05) is 16.8 Å². The molecule has 174 valence electrons. The summed E-state index contributed by atoms with van der Waals surface area (Å²) in [6.07, 6.45) is 4.14. The van der Waals surface area contributed by atoms with Gasteiger partial charge in [0, 0.05) is 38.4 Å². The minimum atomic E-state index is -0.0771. The van der Waals surface area contributed by atoms with E-state index in [-0.39, 0.29) is 11.9 Å². The molecule has 2 aliphatic carbocycles. The third-order valence-corrected chi connectivity index (χ3v) is 8.79. The number of benzene rings is 1. The number of aryl methyl sites for hydroxylation is 1. The number of hydrogen-bond acceptors (Lipinski definition) is 3. The van der Waals surface area contributed by atoms with Gasteiger partial charge in [-0.05, 0) is 61.8 Å². The molecule has 5 rings (SSSR count). The summed E-state index contributed by atoms with van der Waals surface area (Å²) < 4.78 is 1.84. The molecular weight excluding hydrogens is 473 g/mol. The number of thiophene rings is 1. The van der Waals surface area contributed by atoms with Gasteiger partial charge in [-0.2, -0.15) is 5.10 Å². The summed E-state index contributed by atoms with van der Waals surface area (Å²) in [7, 11) is 0. The largest absolute Gasteiger partial charge is 0.348 e. The van der Waals surface area contributed by atoms with Crippen LogP contribution in [0.4, 0.5) is 0 Å². The number of hydrogen-bond donors (Lipinski definition) is 1. The fraction of sp³-hybridized carbons (Fsp3) is 0.462. The molecule has 1 unspecified atom stereocenters. The van der Waals surface area contributed by atoms with Gasteiger partial charge in [0.2, 0.25) is 0 Å². The van der Waals surface area contributed by atoms with Crippen LogP contribution in [0.15, 0.2) is 24.3 Å². The molecule has 2 aliphatic rings. The quantitative estimate of drug-likeness (QED) is 0.318. The first-order valence-electron chi connectivity index (χ1n) is 11.7. The summed E-state index contributed by atoms with van der Waals surface area (Å²) in [6, 6.07) is 7.76. The molecule has 0 radical (unpaired) electrons. The first-order chi connectivity index (χ1) is 15.7. The summed E-state index contributed by atoms with van der Waals surface area (Å²) in [5.74, 6) is 1.58. The topological polar surface area (TPSA) is 46.9 Å². The van der Waals surface area contributed by atoms with E-state index in [2.05, 4.69) is 39.1 Å². The van der Waals surface area contributed by atoms with E-state index in [0.29, 0.717) is 33.5 Å². The average molecular weight is 503 g/mol. The van der Waals surface area contributed by atoms with Gasteiger partial charge in [0.05, 0.1) is 16.4 Å². The molecule has 4 nitrogen and oxygen atoms in total. The predicted molar refractivity (Wildman–Crippen MR) is 137 cm³/mol. The predicted octanol–water partition coefficient (Wildman–Crippen LogP) is 7.31. The van der Waals surface area contributed by atoms with Crippen LogP contribution in [-0.4, -0.2) is 21.7 Å². The third kappa shape index (κ3) is 4.13. The minimum absolute atomic E-state index is 0.0771. The smallest absolute Gasteiger partial charge is 0.272 e. The maximum Gasteiger partial charge on any atom is 0.272 e. The van der Waals surface area contributed by atoms with Crippen molar-refractivity contribution in [3.8, 4) is 16.9 Å². The molecule has 0 bridgehead atoms. The van der Waals surface area contributed by atoms with Crippen molar-refractivity contribution in [2.45, 2.75) is 59.4 Å². The highest BCUT2D eigenvalue weighted by Crippen LogP contribution is 2.45. The van der Waals surface area contributed by atoms with Gasteiger partial charge in [-0.3, -0.25) is 4.79 Å². The van der Waals surface area contributed by atoms with E-state index in [0.717, 1.165) is 41.8 Å². The van der Waals surface area contributed by atoms with Crippen LogP contribution >= 0.6 is 34.5 Å². The zero-order valence-corrected chi connectivity index (χ0v) is 21.7. The van der Waals surface area contributed by atoms with Gasteiger partial charge in [-0.25, -0.2) is 4.68 Å². The monoisotopic (exact) mass is 501 g/mol. The van der Waals surface area contributed by atoms with Crippen molar-refractivity contribution in [1.29, 1.82) is 0 Å². The van der Waals surface area contributed by atoms with Gasteiger partial charge in [0.25, 0.3) is 5.91 Å². The molecule has 7 heteroatoms. The number of amides is 1. The lowest BCUT2D eigenvalue weighted by molar-refractivity contribution is 0.0861. The van der Waals surface area contributed by atoms with Crippen LogP contribution in [0.2, 0.25) is 10.0 Å². The van der Waals surface area contributed by atoms with Gasteiger partial charge in [-0.15, -0.1) is 11.3 Å². The zero-order chi connectivity index (χ0) is 23.4. The highest BCUT2D eigenvalue weighted by molar-refractivity contribution is 7.12. The standard InChI is InChI=1S/C26H29Cl2N3OS/c1-13(2)17-7-5-14(3)9-21(17)29-26(32)24-19-12-23-18(10-15(4)33-23)25(19)31(30-24)22-8-6-16(27)11-20(22)28/h6,8,10-11,13-14,17,21H,5,7,9,12H2,1-4H3,(H,29,32)/t14-,17+,21?/m0/s1. The molecule has 2 aromatic heterocycles. The highest BCUT2D eigenvalue weighted by atomic mass is 35.5. The van der Waals surface area contributed by atoms with Crippen molar-refractivity contribution in [3.05, 3.63) is 55.3 Å². The van der Waals surface area contributed by atoms with Crippen LogP contribution < -0.4 is 5.32 Å². The Balaban J connectivity index is 1.56. The van der Waals surface area contributed by atoms with Crippen LogP contribution in [0.25, 0.3) is 16.9 Å². The van der Waals surface area contributed by atoms with Crippen LogP contribution in [0, 0.1) is 24.7 Å². The molecule has 1 N–H and O–H groups in total. The van der Waals surface area contributed by atoms with E-state index in [1.54, 1.807) is 17.4 Å². The van der Waals surface area contributed by atoms with Gasteiger partial charge < -0.3 is 5.32 Å². The third-order valence-electron chi connectivity index (χ3n) is 7.20. The van der Waals surface area contributed by atoms with Crippen molar-refractivity contribution in [3.63, 3.8) is 0 Å². The van der Waals surface area contributed by atoms with Gasteiger partial charge in [0.15, 0.2) is 5.69 Å². The Morgan fingerprint density at radius 3 is 2.76 bits per heavy atom. The molecule has 3 aromatic rings. The Kier molecular flexibility index (Phi) is 6.09. The number of halogens is 2. The Hall–Kier alpha value is -1.82. The van der Waals surface area contributed by atoms with Crippen molar-refractivity contribution in [2.75, 3.05) is 0 Å². The Morgan fingerprint density at radius 1 is 1.24 bits per heavy atom. The van der Waals surface area contributed by atoms with Crippen molar-refractivity contribution in [1.82, 2.24) is 15.1 Å². The molecule has 33 heavy (non-hydrogen) atoms. The molecule has 0 saturated heterocycles. The summed E-state index contributed by atoms with van der Waals surface area (Å²) in [5.41, 5.74) is 4.36. The molecule has 1 aromatic carbocycles. The Bertz CT molecular complexity index is 1230. The average Bonchev–Trinajstić information content (AvgIpc) is 3.37. The fourth-order valence-electron chi connectivity index (χ4n) is 5.56.